The summed E-state index contributed by atoms with van der Waals surface area (Å²) in [6, 6.07) is 8.33. The zero-order chi connectivity index (χ0) is 15.6. The van der Waals surface area contributed by atoms with Crippen LogP contribution in [0.5, 0.6) is 0 Å². The molecule has 0 aliphatic rings. The number of carbonyl (C=O) groups excluding carboxylic acids is 1. The van der Waals surface area contributed by atoms with Crippen molar-refractivity contribution in [3.63, 3.8) is 0 Å². The first-order chi connectivity index (χ1) is 9.93. The lowest BCUT2D eigenvalue weighted by atomic mass is 10.1. The van der Waals surface area contributed by atoms with Crippen molar-refractivity contribution in [1.82, 2.24) is 9.88 Å². The van der Waals surface area contributed by atoms with Crippen LogP contribution in [0, 0.1) is 13.8 Å². The minimum atomic E-state index is -0.0767. The first kappa shape index (κ1) is 15.4. The number of benzene rings is 1. The number of hydrogen-bond acceptors (Lipinski definition) is 3. The van der Waals surface area contributed by atoms with Gasteiger partial charge in [0.25, 0.3) is 0 Å². The molecule has 0 radical (unpaired) electrons. The first-order valence-corrected chi connectivity index (χ1v) is 7.69. The van der Waals surface area contributed by atoms with Crippen LogP contribution in [0.3, 0.4) is 0 Å². The first-order valence-electron chi connectivity index (χ1n) is 6.87. The van der Waals surface area contributed by atoms with Crippen LogP contribution in [0.15, 0.2) is 36.9 Å². The van der Waals surface area contributed by atoms with Crippen molar-refractivity contribution in [2.75, 3.05) is 7.05 Å². The molecular formula is C17H20N2OS. The van der Waals surface area contributed by atoms with Gasteiger partial charge in [-0.25, -0.2) is 4.98 Å². The molecule has 0 spiro atoms. The summed E-state index contributed by atoms with van der Waals surface area (Å²) in [5.74, 6) is -0.0767. The molecule has 0 saturated carbocycles. The van der Waals surface area contributed by atoms with E-state index in [1.165, 1.54) is 11.6 Å². The highest BCUT2D eigenvalue weighted by molar-refractivity contribution is 7.15. The Morgan fingerprint density at radius 1 is 1.33 bits per heavy atom. The van der Waals surface area contributed by atoms with Crippen LogP contribution in [0.4, 0.5) is 0 Å². The molecule has 1 aromatic heterocycles. The van der Waals surface area contributed by atoms with Gasteiger partial charge in [0, 0.05) is 12.6 Å². The van der Waals surface area contributed by atoms with Crippen LogP contribution >= 0.6 is 11.3 Å². The van der Waals surface area contributed by atoms with E-state index in [-0.39, 0.29) is 11.9 Å². The van der Waals surface area contributed by atoms with Gasteiger partial charge in [-0.3, -0.25) is 4.79 Å². The zero-order valence-electron chi connectivity index (χ0n) is 12.9. The number of rotatable bonds is 4. The second-order valence-electron chi connectivity index (χ2n) is 5.16. The predicted octanol–water partition coefficient (Wildman–Crippen LogP) is 4.13. The molecule has 110 valence electrons. The van der Waals surface area contributed by atoms with Crippen LogP contribution in [-0.4, -0.2) is 22.8 Å². The molecule has 3 nitrogen and oxygen atoms in total. The van der Waals surface area contributed by atoms with E-state index in [1.807, 2.05) is 13.8 Å². The smallest absolute Gasteiger partial charge is 0.246 e. The fraction of sp³-hybridized carbons (Fsp3) is 0.294. The van der Waals surface area contributed by atoms with Crippen molar-refractivity contribution >= 4 is 17.2 Å². The van der Waals surface area contributed by atoms with Crippen LogP contribution in [0.1, 0.15) is 29.1 Å². The molecule has 0 saturated heterocycles. The van der Waals surface area contributed by atoms with E-state index in [1.54, 1.807) is 23.3 Å². The van der Waals surface area contributed by atoms with Crippen molar-refractivity contribution in [3.05, 3.63) is 53.1 Å². The number of aryl methyl sites for hydroxylation is 2. The van der Waals surface area contributed by atoms with Gasteiger partial charge < -0.3 is 4.90 Å². The lowest BCUT2D eigenvalue weighted by Gasteiger charge is -2.22. The largest absolute Gasteiger partial charge is 0.335 e. The predicted molar refractivity (Wildman–Crippen MR) is 88.4 cm³/mol. The van der Waals surface area contributed by atoms with E-state index < -0.39 is 0 Å². The highest BCUT2D eigenvalue weighted by Crippen LogP contribution is 2.33. The maximum atomic E-state index is 11.7. The number of aromatic nitrogens is 1. The molecule has 1 aromatic carbocycles. The molecule has 1 unspecified atom stereocenters. The standard InChI is InChI=1S/C17H20N2OS/c1-6-15(20)19(5)13(4)16-12(3)18-17(21-16)14-9-7-11(2)8-10-14/h6-10,13H,1H2,2-5H3. The normalized spacial score (nSPS) is 12.0. The van der Waals surface area contributed by atoms with Gasteiger partial charge in [0.1, 0.15) is 5.01 Å². The van der Waals surface area contributed by atoms with E-state index >= 15 is 0 Å². The quantitative estimate of drug-likeness (QED) is 0.795. The summed E-state index contributed by atoms with van der Waals surface area (Å²) >= 11 is 1.64. The molecule has 1 amide bonds. The molecule has 2 rings (SSSR count). The second-order valence-corrected chi connectivity index (χ2v) is 6.19. The van der Waals surface area contributed by atoms with Crippen molar-refractivity contribution in [1.29, 1.82) is 0 Å². The lowest BCUT2D eigenvalue weighted by Crippen LogP contribution is -2.27. The zero-order valence-corrected chi connectivity index (χ0v) is 13.7. The third kappa shape index (κ3) is 3.22. The highest BCUT2D eigenvalue weighted by atomic mass is 32.1. The van der Waals surface area contributed by atoms with E-state index in [0.29, 0.717) is 0 Å². The topological polar surface area (TPSA) is 33.2 Å². The number of carbonyl (C=O) groups is 1. The summed E-state index contributed by atoms with van der Waals surface area (Å²) in [5.41, 5.74) is 3.33. The Hall–Kier alpha value is -1.94. The Bertz CT molecular complexity index is 658. The van der Waals surface area contributed by atoms with Gasteiger partial charge in [-0.15, -0.1) is 11.3 Å². The summed E-state index contributed by atoms with van der Waals surface area (Å²) in [4.78, 5) is 19.2. The monoisotopic (exact) mass is 300 g/mol. The lowest BCUT2D eigenvalue weighted by molar-refractivity contribution is -0.126. The maximum Gasteiger partial charge on any atom is 0.246 e. The fourth-order valence-corrected chi connectivity index (χ4v) is 3.29. The minimum absolute atomic E-state index is 0.00722. The van der Waals surface area contributed by atoms with Gasteiger partial charge in [-0.2, -0.15) is 0 Å². The molecule has 21 heavy (non-hydrogen) atoms. The number of amides is 1. The number of nitrogens with zero attached hydrogens (tertiary/aromatic N) is 2. The number of likely N-dealkylation sites (N-methyl/N-ethyl adjacent to an activating group) is 1. The highest BCUT2D eigenvalue weighted by Gasteiger charge is 2.20. The summed E-state index contributed by atoms with van der Waals surface area (Å²) in [6.45, 7) is 9.61. The van der Waals surface area contributed by atoms with E-state index in [0.717, 1.165) is 21.1 Å². The number of hydrogen-bond donors (Lipinski definition) is 0. The summed E-state index contributed by atoms with van der Waals surface area (Å²) in [6.07, 6.45) is 1.34. The summed E-state index contributed by atoms with van der Waals surface area (Å²) in [7, 11) is 1.79. The molecule has 0 bridgehead atoms. The molecule has 0 fully saturated rings. The van der Waals surface area contributed by atoms with Crippen molar-refractivity contribution in [3.8, 4) is 10.6 Å². The van der Waals surface area contributed by atoms with Crippen LogP contribution < -0.4 is 0 Å². The summed E-state index contributed by atoms with van der Waals surface area (Å²) < 4.78 is 0. The molecule has 4 heteroatoms. The third-order valence-electron chi connectivity index (χ3n) is 3.61. The molecular weight excluding hydrogens is 280 g/mol. The van der Waals surface area contributed by atoms with Gasteiger partial charge >= 0.3 is 0 Å². The van der Waals surface area contributed by atoms with E-state index in [2.05, 4.69) is 42.8 Å². The molecule has 2 aromatic rings. The molecule has 0 aliphatic heterocycles. The van der Waals surface area contributed by atoms with Gasteiger partial charge in [-0.05, 0) is 26.8 Å². The Morgan fingerprint density at radius 2 is 1.95 bits per heavy atom. The van der Waals surface area contributed by atoms with Crippen LogP contribution in [0.2, 0.25) is 0 Å². The fourth-order valence-electron chi connectivity index (χ4n) is 2.13. The Balaban J connectivity index is 2.33. The van der Waals surface area contributed by atoms with Crippen molar-refractivity contribution < 1.29 is 4.79 Å². The van der Waals surface area contributed by atoms with Gasteiger partial charge in [-0.1, -0.05) is 36.4 Å². The minimum Gasteiger partial charge on any atom is -0.335 e. The van der Waals surface area contributed by atoms with E-state index in [4.69, 9.17) is 0 Å². The average molecular weight is 300 g/mol. The second kappa shape index (κ2) is 6.22. The average Bonchev–Trinajstić information content (AvgIpc) is 2.87. The SMILES string of the molecule is C=CC(=O)N(C)C(C)c1sc(-c2ccc(C)cc2)nc1C. The van der Waals surface area contributed by atoms with E-state index in [9.17, 15) is 4.79 Å². The Morgan fingerprint density at radius 3 is 2.52 bits per heavy atom. The Kier molecular flexibility index (Phi) is 4.58. The van der Waals surface area contributed by atoms with Gasteiger partial charge in [0.2, 0.25) is 5.91 Å². The molecule has 0 aliphatic carbocycles. The maximum absolute atomic E-state index is 11.7. The van der Waals surface area contributed by atoms with Crippen molar-refractivity contribution in [2.45, 2.75) is 26.8 Å². The van der Waals surface area contributed by atoms with Crippen molar-refractivity contribution in [2.24, 2.45) is 0 Å². The molecule has 1 heterocycles. The van der Waals surface area contributed by atoms with Crippen LogP contribution in [0.25, 0.3) is 10.6 Å². The van der Waals surface area contributed by atoms with Gasteiger partial charge in [0.05, 0.1) is 16.6 Å². The molecule has 1 atom stereocenters. The van der Waals surface area contributed by atoms with Gasteiger partial charge in [0.15, 0.2) is 0 Å². The molecule has 0 N–H and O–H groups in total. The number of thiazole rings is 1. The van der Waals surface area contributed by atoms with Crippen LogP contribution in [-0.2, 0) is 4.79 Å². The third-order valence-corrected chi connectivity index (χ3v) is 4.99. The Labute approximate surface area is 129 Å². The summed E-state index contributed by atoms with van der Waals surface area (Å²) in [5, 5.41) is 0.994.